The van der Waals surface area contributed by atoms with E-state index in [1.54, 1.807) is 19.1 Å². The van der Waals surface area contributed by atoms with Gasteiger partial charge in [0.2, 0.25) is 5.88 Å². The highest BCUT2D eigenvalue weighted by Gasteiger charge is 2.48. The number of carboxylic acids is 1. The van der Waals surface area contributed by atoms with Gasteiger partial charge in [0.05, 0.1) is 19.0 Å². The first kappa shape index (κ1) is 15.1. The van der Waals surface area contributed by atoms with Crippen LogP contribution < -0.4 is 10.1 Å². The number of nitrogens with zero attached hydrogens (tertiary/aromatic N) is 2. The fourth-order valence-electron chi connectivity index (χ4n) is 2.68. The predicted octanol–water partition coefficient (Wildman–Crippen LogP) is 1.95. The number of carboxylic acid groups (broad SMARTS) is 1. The van der Waals surface area contributed by atoms with Crippen LogP contribution in [-0.4, -0.2) is 46.2 Å². The van der Waals surface area contributed by atoms with Gasteiger partial charge in [-0.15, -0.1) is 0 Å². The molecule has 1 unspecified atom stereocenters. The minimum atomic E-state index is -1.11. The van der Waals surface area contributed by atoms with Crippen LogP contribution in [0.3, 0.4) is 0 Å². The lowest BCUT2D eigenvalue weighted by molar-refractivity contribution is -0.148. The molecule has 1 saturated heterocycles. The van der Waals surface area contributed by atoms with Gasteiger partial charge in [0.1, 0.15) is 5.54 Å². The lowest BCUT2D eigenvalue weighted by atomic mass is 9.93. The maximum absolute atomic E-state index is 12.3. The molecule has 7 heteroatoms. The molecule has 0 aromatic carbocycles. The Morgan fingerprint density at radius 2 is 2.29 bits per heavy atom. The van der Waals surface area contributed by atoms with E-state index in [9.17, 15) is 14.7 Å². The molecule has 1 aliphatic rings. The normalized spacial score (nSPS) is 21.1. The number of aliphatic carboxylic acids is 1. The Bertz CT molecular complexity index is 532. The molecular formula is C14H19N3O4. The zero-order valence-electron chi connectivity index (χ0n) is 12.1. The smallest absolute Gasteiger partial charge is 0.329 e. The number of aromatic nitrogens is 1. The summed E-state index contributed by atoms with van der Waals surface area (Å²) in [5, 5.41) is 12.2. The van der Waals surface area contributed by atoms with Gasteiger partial charge in [-0.1, -0.05) is 6.92 Å². The molecule has 2 amide bonds. The number of hydrogen-bond donors (Lipinski definition) is 2. The molecule has 1 aromatic rings. The van der Waals surface area contributed by atoms with E-state index in [1.807, 2.05) is 0 Å². The lowest BCUT2D eigenvalue weighted by Crippen LogP contribution is -2.54. The number of urea groups is 1. The van der Waals surface area contributed by atoms with Gasteiger partial charge in [-0.2, -0.15) is 0 Å². The highest BCUT2D eigenvalue weighted by atomic mass is 16.5. The van der Waals surface area contributed by atoms with Gasteiger partial charge in [-0.05, 0) is 25.3 Å². The van der Waals surface area contributed by atoms with Gasteiger partial charge in [-0.25, -0.2) is 14.6 Å². The molecular weight excluding hydrogens is 274 g/mol. The van der Waals surface area contributed by atoms with Crippen LogP contribution in [0.1, 0.15) is 26.2 Å². The van der Waals surface area contributed by atoms with E-state index < -0.39 is 17.5 Å². The Morgan fingerprint density at radius 1 is 1.52 bits per heavy atom. The molecule has 0 aliphatic carbocycles. The van der Waals surface area contributed by atoms with Gasteiger partial charge in [0.25, 0.3) is 0 Å². The molecule has 0 saturated carbocycles. The second-order valence-electron chi connectivity index (χ2n) is 4.96. The number of amides is 2. The maximum Gasteiger partial charge on any atom is 0.329 e. The molecule has 2 rings (SSSR count). The van der Waals surface area contributed by atoms with Crippen LogP contribution in [0.5, 0.6) is 5.88 Å². The van der Waals surface area contributed by atoms with Crippen molar-refractivity contribution in [3.63, 3.8) is 0 Å². The van der Waals surface area contributed by atoms with E-state index >= 15 is 0 Å². The van der Waals surface area contributed by atoms with Gasteiger partial charge >= 0.3 is 12.0 Å². The Hall–Kier alpha value is -2.31. The number of anilines is 1. The first-order valence-corrected chi connectivity index (χ1v) is 6.85. The van der Waals surface area contributed by atoms with Crippen molar-refractivity contribution in [1.82, 2.24) is 9.88 Å². The Balaban J connectivity index is 2.13. The third-order valence-corrected chi connectivity index (χ3v) is 3.91. The van der Waals surface area contributed by atoms with Crippen molar-refractivity contribution in [2.75, 3.05) is 19.0 Å². The van der Waals surface area contributed by atoms with Crippen LogP contribution in [0.4, 0.5) is 10.5 Å². The van der Waals surface area contributed by atoms with Crippen LogP contribution in [-0.2, 0) is 4.79 Å². The minimum absolute atomic E-state index is 0.386. The molecule has 0 spiro atoms. The second kappa shape index (κ2) is 5.99. The van der Waals surface area contributed by atoms with Crippen LogP contribution in [0.15, 0.2) is 18.3 Å². The second-order valence-corrected chi connectivity index (χ2v) is 4.96. The third kappa shape index (κ3) is 2.76. The van der Waals surface area contributed by atoms with E-state index in [1.165, 1.54) is 18.2 Å². The summed E-state index contributed by atoms with van der Waals surface area (Å²) in [5.74, 6) is -0.506. The Kier molecular flexibility index (Phi) is 4.30. The monoisotopic (exact) mass is 293 g/mol. The van der Waals surface area contributed by atoms with Crippen molar-refractivity contribution in [3.8, 4) is 5.88 Å². The molecule has 2 heterocycles. The molecule has 2 N–H and O–H groups in total. The number of hydrogen-bond acceptors (Lipinski definition) is 4. The standard InChI is InChI=1S/C14H19N3O4/c1-3-14(12(18)19)7-4-8-17(14)13(20)16-10-5-6-11(21-2)15-9-10/h5-6,9H,3-4,7-8H2,1-2H3,(H,16,20)(H,18,19). The van der Waals surface area contributed by atoms with Crippen LogP contribution in [0.25, 0.3) is 0 Å². The van der Waals surface area contributed by atoms with Crippen molar-refractivity contribution >= 4 is 17.7 Å². The summed E-state index contributed by atoms with van der Waals surface area (Å²) in [6.45, 7) is 2.23. The average molecular weight is 293 g/mol. The number of pyridine rings is 1. The lowest BCUT2D eigenvalue weighted by Gasteiger charge is -2.33. The van der Waals surface area contributed by atoms with Crippen molar-refractivity contribution in [2.45, 2.75) is 31.7 Å². The quantitative estimate of drug-likeness (QED) is 0.885. The largest absolute Gasteiger partial charge is 0.481 e. The number of carbonyl (C=O) groups is 2. The van der Waals surface area contributed by atoms with Crippen LogP contribution in [0, 0.1) is 0 Å². The molecule has 1 fully saturated rings. The van der Waals surface area contributed by atoms with Crippen molar-refractivity contribution in [1.29, 1.82) is 0 Å². The van der Waals surface area contributed by atoms with Crippen LogP contribution >= 0.6 is 0 Å². The first-order chi connectivity index (χ1) is 10.0. The summed E-state index contributed by atoms with van der Waals surface area (Å²) in [7, 11) is 1.51. The van der Waals surface area contributed by atoms with Crippen molar-refractivity contribution in [3.05, 3.63) is 18.3 Å². The Labute approximate surface area is 122 Å². The van der Waals surface area contributed by atoms with Gasteiger partial charge in [0.15, 0.2) is 0 Å². The van der Waals surface area contributed by atoms with E-state index in [4.69, 9.17) is 4.74 Å². The fourth-order valence-corrected chi connectivity index (χ4v) is 2.68. The number of carbonyl (C=O) groups excluding carboxylic acids is 1. The molecule has 1 aromatic heterocycles. The van der Waals surface area contributed by atoms with E-state index in [-0.39, 0.29) is 0 Å². The third-order valence-electron chi connectivity index (χ3n) is 3.91. The van der Waals surface area contributed by atoms with E-state index in [0.29, 0.717) is 37.4 Å². The summed E-state index contributed by atoms with van der Waals surface area (Å²) in [6, 6.07) is 2.88. The number of likely N-dealkylation sites (tertiary alicyclic amines) is 1. The van der Waals surface area contributed by atoms with E-state index in [2.05, 4.69) is 10.3 Å². The zero-order chi connectivity index (χ0) is 15.5. The summed E-state index contributed by atoms with van der Waals surface area (Å²) in [6.07, 6.45) is 3.03. The zero-order valence-corrected chi connectivity index (χ0v) is 12.1. The molecule has 1 aliphatic heterocycles. The SMILES string of the molecule is CCC1(C(=O)O)CCCN1C(=O)Nc1ccc(OC)nc1. The maximum atomic E-state index is 12.3. The van der Waals surface area contributed by atoms with Gasteiger partial charge in [-0.3, -0.25) is 0 Å². The Morgan fingerprint density at radius 3 is 2.81 bits per heavy atom. The summed E-state index contributed by atoms with van der Waals surface area (Å²) < 4.78 is 4.94. The van der Waals surface area contributed by atoms with Gasteiger partial charge in [0, 0.05) is 12.6 Å². The number of rotatable bonds is 4. The molecule has 1 atom stereocenters. The fraction of sp³-hybridized carbons (Fsp3) is 0.500. The molecule has 21 heavy (non-hydrogen) atoms. The number of nitrogens with one attached hydrogen (secondary N) is 1. The molecule has 0 bridgehead atoms. The molecule has 114 valence electrons. The van der Waals surface area contributed by atoms with Gasteiger partial charge < -0.3 is 20.1 Å². The molecule has 0 radical (unpaired) electrons. The number of ether oxygens (including phenoxy) is 1. The van der Waals surface area contributed by atoms with Crippen molar-refractivity contribution in [2.24, 2.45) is 0 Å². The molecule has 7 nitrogen and oxygen atoms in total. The topological polar surface area (TPSA) is 91.8 Å². The highest BCUT2D eigenvalue weighted by Crippen LogP contribution is 2.33. The summed E-state index contributed by atoms with van der Waals surface area (Å²) in [4.78, 5) is 29.3. The highest BCUT2D eigenvalue weighted by molar-refractivity contribution is 5.94. The average Bonchev–Trinajstić information content (AvgIpc) is 2.93. The van der Waals surface area contributed by atoms with E-state index in [0.717, 1.165) is 0 Å². The minimum Gasteiger partial charge on any atom is -0.481 e. The van der Waals surface area contributed by atoms with Crippen molar-refractivity contribution < 1.29 is 19.4 Å². The summed E-state index contributed by atoms with van der Waals surface area (Å²) >= 11 is 0. The summed E-state index contributed by atoms with van der Waals surface area (Å²) in [5.41, 5.74) is -0.604. The first-order valence-electron chi connectivity index (χ1n) is 6.85. The van der Waals surface area contributed by atoms with Crippen LogP contribution in [0.2, 0.25) is 0 Å². The predicted molar refractivity (Wildman–Crippen MR) is 76.4 cm³/mol. The number of methoxy groups -OCH3 is 1.